The standard InChI is InChI=1S/C18H19N3O2S2/c1-11-16(25-18(20-11)12-7-8-24-10-12)15(22)14(9-19)17(23)21-13-5-3-2-4-6-13/h7-8,10,13-14H,2-6H2,1H3,(H,21,23). The van der Waals surface area contributed by atoms with Gasteiger partial charge in [0.1, 0.15) is 5.01 Å². The van der Waals surface area contributed by atoms with Crippen molar-refractivity contribution in [1.82, 2.24) is 10.3 Å². The van der Waals surface area contributed by atoms with Gasteiger partial charge in [0.15, 0.2) is 5.92 Å². The average Bonchev–Trinajstić information content (AvgIpc) is 3.25. The van der Waals surface area contributed by atoms with Crippen molar-refractivity contribution < 1.29 is 9.59 Å². The van der Waals surface area contributed by atoms with Gasteiger partial charge in [0.2, 0.25) is 11.7 Å². The number of nitrogens with zero attached hydrogens (tertiary/aromatic N) is 2. The van der Waals surface area contributed by atoms with Crippen LogP contribution < -0.4 is 5.32 Å². The molecule has 1 aliphatic rings. The van der Waals surface area contributed by atoms with E-state index in [2.05, 4.69) is 10.3 Å². The molecular formula is C18H19N3O2S2. The second-order valence-electron chi connectivity index (χ2n) is 6.22. The number of rotatable bonds is 5. The van der Waals surface area contributed by atoms with E-state index in [-0.39, 0.29) is 6.04 Å². The number of hydrogen-bond donors (Lipinski definition) is 1. The molecule has 3 rings (SSSR count). The predicted octanol–water partition coefficient (Wildman–Crippen LogP) is 3.95. The van der Waals surface area contributed by atoms with Gasteiger partial charge in [-0.25, -0.2) is 4.98 Å². The number of nitrogens with one attached hydrogen (secondary N) is 1. The molecule has 0 aliphatic heterocycles. The maximum absolute atomic E-state index is 12.8. The number of Topliss-reactive ketones (excluding diaryl/α,β-unsaturated/α-hetero) is 1. The first kappa shape index (κ1) is 17.8. The number of thiophene rings is 1. The molecule has 2 aromatic rings. The van der Waals surface area contributed by atoms with Gasteiger partial charge >= 0.3 is 0 Å². The maximum Gasteiger partial charge on any atom is 0.245 e. The Bertz CT molecular complexity index is 799. The van der Waals surface area contributed by atoms with Crippen LogP contribution in [-0.2, 0) is 4.79 Å². The van der Waals surface area contributed by atoms with Crippen molar-refractivity contribution in [3.05, 3.63) is 27.4 Å². The minimum atomic E-state index is -1.31. The summed E-state index contributed by atoms with van der Waals surface area (Å²) >= 11 is 2.81. The number of amides is 1. The zero-order chi connectivity index (χ0) is 17.8. The van der Waals surface area contributed by atoms with E-state index in [1.54, 1.807) is 18.3 Å². The minimum Gasteiger partial charge on any atom is -0.352 e. The molecule has 1 aliphatic carbocycles. The molecule has 1 fully saturated rings. The van der Waals surface area contributed by atoms with Crippen molar-refractivity contribution in [2.75, 3.05) is 0 Å². The largest absolute Gasteiger partial charge is 0.352 e. The lowest BCUT2D eigenvalue weighted by Crippen LogP contribution is -2.42. The van der Waals surface area contributed by atoms with Gasteiger partial charge in [0.05, 0.1) is 16.6 Å². The third kappa shape index (κ3) is 3.97. The molecule has 2 heterocycles. The third-order valence-corrected chi connectivity index (χ3v) is 6.30. The van der Waals surface area contributed by atoms with E-state index in [1.165, 1.54) is 17.8 Å². The zero-order valence-corrected chi connectivity index (χ0v) is 15.6. The number of carbonyl (C=O) groups excluding carboxylic acids is 2. The number of nitriles is 1. The Labute approximate surface area is 154 Å². The molecule has 0 radical (unpaired) electrons. The molecule has 7 heteroatoms. The molecule has 5 nitrogen and oxygen atoms in total. The molecule has 2 aromatic heterocycles. The van der Waals surface area contributed by atoms with Gasteiger partial charge in [-0.05, 0) is 31.2 Å². The lowest BCUT2D eigenvalue weighted by atomic mass is 9.94. The van der Waals surface area contributed by atoms with E-state index in [0.29, 0.717) is 10.6 Å². The van der Waals surface area contributed by atoms with Crippen molar-refractivity contribution in [2.24, 2.45) is 5.92 Å². The topological polar surface area (TPSA) is 82.8 Å². The van der Waals surface area contributed by atoms with Crippen LogP contribution >= 0.6 is 22.7 Å². The van der Waals surface area contributed by atoms with Crippen molar-refractivity contribution in [3.8, 4) is 16.6 Å². The quantitative estimate of drug-likeness (QED) is 0.635. The van der Waals surface area contributed by atoms with Gasteiger partial charge < -0.3 is 5.32 Å². The fourth-order valence-electron chi connectivity index (χ4n) is 3.03. The average molecular weight is 374 g/mol. The molecule has 1 N–H and O–H groups in total. The van der Waals surface area contributed by atoms with E-state index in [9.17, 15) is 14.9 Å². The highest BCUT2D eigenvalue weighted by atomic mass is 32.1. The molecule has 1 amide bonds. The Kier molecular flexibility index (Phi) is 5.61. The molecule has 1 atom stereocenters. The molecule has 25 heavy (non-hydrogen) atoms. The smallest absolute Gasteiger partial charge is 0.245 e. The van der Waals surface area contributed by atoms with Gasteiger partial charge in [-0.3, -0.25) is 9.59 Å². The van der Waals surface area contributed by atoms with Crippen molar-refractivity contribution >= 4 is 34.4 Å². The van der Waals surface area contributed by atoms with Gasteiger partial charge in [0, 0.05) is 17.0 Å². The van der Waals surface area contributed by atoms with Crippen LogP contribution in [0, 0.1) is 24.2 Å². The Morgan fingerprint density at radius 2 is 2.12 bits per heavy atom. The first-order valence-electron chi connectivity index (χ1n) is 8.34. The molecule has 0 aromatic carbocycles. The van der Waals surface area contributed by atoms with Crippen molar-refractivity contribution in [3.63, 3.8) is 0 Å². The third-order valence-electron chi connectivity index (χ3n) is 4.39. The summed E-state index contributed by atoms with van der Waals surface area (Å²) in [5, 5.41) is 16.9. The van der Waals surface area contributed by atoms with E-state index < -0.39 is 17.6 Å². The summed E-state index contributed by atoms with van der Waals surface area (Å²) in [6.07, 6.45) is 5.17. The summed E-state index contributed by atoms with van der Waals surface area (Å²) in [5.74, 6) is -2.24. The van der Waals surface area contributed by atoms with Crippen LogP contribution in [0.15, 0.2) is 16.8 Å². The monoisotopic (exact) mass is 373 g/mol. The van der Waals surface area contributed by atoms with Gasteiger partial charge in [-0.2, -0.15) is 16.6 Å². The van der Waals surface area contributed by atoms with Crippen LogP contribution in [0.25, 0.3) is 10.6 Å². The highest BCUT2D eigenvalue weighted by molar-refractivity contribution is 7.17. The first-order valence-corrected chi connectivity index (χ1v) is 10.1. The van der Waals surface area contributed by atoms with Crippen LogP contribution in [0.4, 0.5) is 0 Å². The second kappa shape index (κ2) is 7.89. The van der Waals surface area contributed by atoms with E-state index >= 15 is 0 Å². The predicted molar refractivity (Wildman–Crippen MR) is 98.6 cm³/mol. The highest BCUT2D eigenvalue weighted by Crippen LogP contribution is 2.31. The van der Waals surface area contributed by atoms with Gasteiger partial charge in [-0.15, -0.1) is 11.3 Å². The molecule has 1 unspecified atom stereocenters. The lowest BCUT2D eigenvalue weighted by molar-refractivity contribution is -0.123. The number of aryl methyl sites for hydroxylation is 1. The molecule has 0 bridgehead atoms. The van der Waals surface area contributed by atoms with E-state index in [0.717, 1.165) is 36.3 Å². The van der Waals surface area contributed by atoms with Crippen LogP contribution in [0.1, 0.15) is 47.5 Å². The Morgan fingerprint density at radius 1 is 1.36 bits per heavy atom. The first-order chi connectivity index (χ1) is 12.1. The maximum atomic E-state index is 12.8. The van der Waals surface area contributed by atoms with Crippen LogP contribution in [-0.4, -0.2) is 22.7 Å². The van der Waals surface area contributed by atoms with E-state index in [1.807, 2.05) is 22.9 Å². The van der Waals surface area contributed by atoms with Crippen molar-refractivity contribution in [1.29, 1.82) is 5.26 Å². The summed E-state index contributed by atoms with van der Waals surface area (Å²) in [7, 11) is 0. The normalized spacial score (nSPS) is 16.2. The highest BCUT2D eigenvalue weighted by Gasteiger charge is 2.32. The molecule has 0 spiro atoms. The molecule has 130 valence electrons. The zero-order valence-electron chi connectivity index (χ0n) is 13.9. The number of thiazole rings is 1. The Hall–Kier alpha value is -2.04. The number of hydrogen-bond acceptors (Lipinski definition) is 6. The second-order valence-corrected chi connectivity index (χ2v) is 7.99. The number of ketones is 1. The number of aromatic nitrogens is 1. The lowest BCUT2D eigenvalue weighted by Gasteiger charge is -2.23. The Morgan fingerprint density at radius 3 is 2.76 bits per heavy atom. The SMILES string of the molecule is Cc1nc(-c2ccsc2)sc1C(=O)C(C#N)C(=O)NC1CCCCC1. The van der Waals surface area contributed by atoms with Crippen LogP contribution in [0.3, 0.4) is 0 Å². The van der Waals surface area contributed by atoms with E-state index in [4.69, 9.17) is 0 Å². The number of carbonyl (C=O) groups is 2. The summed E-state index contributed by atoms with van der Waals surface area (Å²) in [5.41, 5.74) is 1.53. The Balaban J connectivity index is 1.76. The fraction of sp³-hybridized carbons (Fsp3) is 0.444. The fourth-order valence-corrected chi connectivity index (χ4v) is 4.78. The van der Waals surface area contributed by atoms with Crippen LogP contribution in [0.2, 0.25) is 0 Å². The summed E-state index contributed by atoms with van der Waals surface area (Å²) in [6, 6.07) is 3.90. The minimum absolute atomic E-state index is 0.0776. The summed E-state index contributed by atoms with van der Waals surface area (Å²) in [6.45, 7) is 1.74. The van der Waals surface area contributed by atoms with Gasteiger partial charge in [-0.1, -0.05) is 19.3 Å². The molecular weight excluding hydrogens is 354 g/mol. The van der Waals surface area contributed by atoms with Crippen molar-refractivity contribution in [2.45, 2.75) is 45.1 Å². The molecule has 0 saturated heterocycles. The summed E-state index contributed by atoms with van der Waals surface area (Å²) < 4.78 is 0. The molecule has 1 saturated carbocycles. The van der Waals surface area contributed by atoms with Crippen LogP contribution in [0.5, 0.6) is 0 Å². The van der Waals surface area contributed by atoms with Gasteiger partial charge in [0.25, 0.3) is 0 Å². The summed E-state index contributed by atoms with van der Waals surface area (Å²) in [4.78, 5) is 30.0.